The summed E-state index contributed by atoms with van der Waals surface area (Å²) in [6, 6.07) is -0.840. The molecule has 3 amide bonds. The van der Waals surface area contributed by atoms with Crippen molar-refractivity contribution in [2.75, 3.05) is 32.8 Å². The molecular weight excluding hydrogens is 506 g/mol. The number of ether oxygens (including phenoxy) is 1. The van der Waals surface area contributed by atoms with E-state index in [1.54, 1.807) is 4.90 Å². The average Bonchev–Trinajstić information content (AvgIpc) is 3.14. The van der Waals surface area contributed by atoms with Crippen molar-refractivity contribution in [1.82, 2.24) is 14.7 Å². The largest absolute Gasteiger partial charge is 0.396 e. The number of carbonyl (C=O) groups excluding carboxylic acids is 3. The van der Waals surface area contributed by atoms with E-state index >= 15 is 0 Å². The van der Waals surface area contributed by atoms with Gasteiger partial charge in [-0.2, -0.15) is 0 Å². The van der Waals surface area contributed by atoms with Crippen LogP contribution < -0.4 is 0 Å². The zero-order chi connectivity index (χ0) is 29.5. The first-order valence-corrected chi connectivity index (χ1v) is 15.4. The van der Waals surface area contributed by atoms with Crippen LogP contribution in [0.15, 0.2) is 24.3 Å². The summed E-state index contributed by atoms with van der Waals surface area (Å²) in [5.41, 5.74) is -2.61. The lowest BCUT2D eigenvalue weighted by Gasteiger charge is -2.45. The summed E-state index contributed by atoms with van der Waals surface area (Å²) in [4.78, 5) is 48.9. The molecule has 4 heterocycles. The highest BCUT2D eigenvalue weighted by molar-refractivity contribution is 6.00. The first-order valence-electron chi connectivity index (χ1n) is 15.4. The summed E-state index contributed by atoms with van der Waals surface area (Å²) in [5, 5.41) is 9.31. The third-order valence-electron chi connectivity index (χ3n) is 9.27. The monoisotopic (exact) mass is 557 g/mol. The maximum Gasteiger partial charge on any atom is 0.249 e. The molecule has 224 valence electrons. The van der Waals surface area contributed by atoms with E-state index in [0.29, 0.717) is 45.4 Å². The molecule has 5 atom stereocenters. The quantitative estimate of drug-likeness (QED) is 0.325. The fraction of sp³-hybridized carbons (Fsp3) is 0.781. The number of aliphatic hydroxyl groups is 1. The Labute approximate surface area is 240 Å². The molecule has 40 heavy (non-hydrogen) atoms. The molecule has 0 aliphatic carbocycles. The minimum Gasteiger partial charge on any atom is -0.396 e. The lowest BCUT2D eigenvalue weighted by molar-refractivity contribution is -0.157. The first-order chi connectivity index (χ1) is 18.8. The van der Waals surface area contributed by atoms with Crippen LogP contribution in [0.25, 0.3) is 0 Å². The van der Waals surface area contributed by atoms with Crippen molar-refractivity contribution in [3.63, 3.8) is 0 Å². The minimum absolute atomic E-state index is 0.00122. The second-order valence-corrected chi connectivity index (χ2v) is 14.0. The lowest BCUT2D eigenvalue weighted by Crippen LogP contribution is -2.60. The van der Waals surface area contributed by atoms with E-state index in [4.69, 9.17) is 4.74 Å². The molecule has 0 aromatic rings. The summed E-state index contributed by atoms with van der Waals surface area (Å²) in [6.07, 6.45) is 12.2. The van der Waals surface area contributed by atoms with Crippen molar-refractivity contribution in [3.05, 3.63) is 24.3 Å². The Morgan fingerprint density at radius 2 is 1.60 bits per heavy atom. The third kappa shape index (κ3) is 5.15. The molecule has 0 saturated carbocycles. The maximum absolute atomic E-state index is 14.7. The molecule has 0 aromatic heterocycles. The van der Waals surface area contributed by atoms with Gasteiger partial charge in [0.2, 0.25) is 17.7 Å². The molecule has 4 rings (SSSR count). The number of amides is 3. The van der Waals surface area contributed by atoms with Gasteiger partial charge in [0, 0.05) is 38.3 Å². The smallest absolute Gasteiger partial charge is 0.249 e. The highest BCUT2D eigenvalue weighted by Gasteiger charge is 2.75. The molecule has 4 aliphatic rings. The van der Waals surface area contributed by atoms with Crippen LogP contribution in [0.2, 0.25) is 0 Å². The van der Waals surface area contributed by atoms with Gasteiger partial charge in [0.1, 0.15) is 11.6 Å². The van der Waals surface area contributed by atoms with Crippen LogP contribution in [0.3, 0.4) is 0 Å². The molecule has 8 nitrogen and oxygen atoms in total. The summed E-state index contributed by atoms with van der Waals surface area (Å²) in [6.45, 7) is 16.8. The van der Waals surface area contributed by atoms with Gasteiger partial charge < -0.3 is 24.5 Å². The Morgan fingerprint density at radius 3 is 2.23 bits per heavy atom. The van der Waals surface area contributed by atoms with E-state index in [9.17, 15) is 19.5 Å². The van der Waals surface area contributed by atoms with Gasteiger partial charge >= 0.3 is 0 Å². The SMILES string of the molecule is CCCN1CC=C[C@]2(CC)O[C@]34C=CCN(C(C)(C)CC(C)(C)C)C(=O)C3N(CCCCCO)C(=O)[C@@H]4[C@@H]2C1=O. The third-order valence-corrected chi connectivity index (χ3v) is 9.27. The number of aliphatic hydroxyl groups excluding tert-OH is 1. The van der Waals surface area contributed by atoms with Crippen molar-refractivity contribution in [1.29, 1.82) is 0 Å². The van der Waals surface area contributed by atoms with Crippen LogP contribution in [0.1, 0.15) is 87.0 Å². The molecule has 2 saturated heterocycles. The summed E-state index contributed by atoms with van der Waals surface area (Å²) < 4.78 is 7.06. The number of rotatable bonds is 10. The van der Waals surface area contributed by atoms with Crippen molar-refractivity contribution >= 4 is 17.7 Å². The Hall–Kier alpha value is -2.19. The number of fused-ring (bicyclic) bond motifs is 2. The topological polar surface area (TPSA) is 90.4 Å². The highest BCUT2D eigenvalue weighted by atomic mass is 16.5. The lowest BCUT2D eigenvalue weighted by atomic mass is 9.72. The normalized spacial score (nSPS) is 32.4. The van der Waals surface area contributed by atoms with Gasteiger partial charge in [0.05, 0.1) is 17.4 Å². The van der Waals surface area contributed by atoms with E-state index in [-0.39, 0.29) is 29.7 Å². The molecule has 0 radical (unpaired) electrons. The number of likely N-dealkylation sites (tertiary alicyclic amines) is 1. The van der Waals surface area contributed by atoms with Gasteiger partial charge in [0.15, 0.2) is 0 Å². The zero-order valence-electron chi connectivity index (χ0n) is 25.7. The Kier molecular flexibility index (Phi) is 8.64. The van der Waals surface area contributed by atoms with Crippen LogP contribution in [0.4, 0.5) is 0 Å². The van der Waals surface area contributed by atoms with Crippen molar-refractivity contribution in [2.24, 2.45) is 17.3 Å². The molecule has 0 aromatic carbocycles. The number of unbranched alkanes of at least 4 members (excludes halogenated alkanes) is 2. The molecule has 0 bridgehead atoms. The summed E-state index contributed by atoms with van der Waals surface area (Å²) >= 11 is 0. The fourth-order valence-corrected chi connectivity index (χ4v) is 8.03. The summed E-state index contributed by atoms with van der Waals surface area (Å²) in [7, 11) is 0. The van der Waals surface area contributed by atoms with Crippen LogP contribution in [0, 0.1) is 17.3 Å². The Bertz CT molecular complexity index is 1050. The van der Waals surface area contributed by atoms with Crippen LogP contribution in [0.5, 0.6) is 0 Å². The molecule has 4 aliphatic heterocycles. The van der Waals surface area contributed by atoms with Gasteiger partial charge in [-0.15, -0.1) is 0 Å². The average molecular weight is 558 g/mol. The minimum atomic E-state index is -1.21. The molecule has 1 spiro atoms. The predicted octanol–water partition coefficient (Wildman–Crippen LogP) is 3.93. The second-order valence-electron chi connectivity index (χ2n) is 14.0. The van der Waals surface area contributed by atoms with Crippen LogP contribution in [-0.4, -0.2) is 93.1 Å². The molecule has 2 fully saturated rings. The predicted molar refractivity (Wildman–Crippen MR) is 155 cm³/mol. The maximum atomic E-state index is 14.7. The van der Waals surface area contributed by atoms with Crippen molar-refractivity contribution in [3.8, 4) is 0 Å². The van der Waals surface area contributed by atoms with E-state index in [0.717, 1.165) is 19.3 Å². The molecular formula is C32H51N3O5. The number of hydrogen-bond acceptors (Lipinski definition) is 5. The zero-order valence-corrected chi connectivity index (χ0v) is 25.7. The van der Waals surface area contributed by atoms with Gasteiger partial charge in [-0.05, 0) is 57.8 Å². The second kappa shape index (κ2) is 11.2. The fourth-order valence-electron chi connectivity index (χ4n) is 8.03. The van der Waals surface area contributed by atoms with Crippen LogP contribution >= 0.6 is 0 Å². The van der Waals surface area contributed by atoms with Gasteiger partial charge in [-0.1, -0.05) is 58.9 Å². The summed E-state index contributed by atoms with van der Waals surface area (Å²) in [5.74, 6) is -1.79. The Balaban J connectivity index is 1.83. The van der Waals surface area contributed by atoms with Gasteiger partial charge in [0.25, 0.3) is 0 Å². The first kappa shape index (κ1) is 30.8. The standard InChI is InChI=1S/C32H51N3O5/c1-8-17-33-18-13-15-31(9-2)23(26(33)37)24-27(38)34(19-11-10-12-21-36)25-28(39)35(20-14-16-32(24,25)40-31)30(6,7)22-29(3,4)5/h13-16,23-25,36H,8-12,17-22H2,1-7H3/t23-,24+,25?,31+,32+/m1/s1. The van der Waals surface area contributed by atoms with E-state index in [1.807, 2.05) is 48.0 Å². The van der Waals surface area contributed by atoms with Gasteiger partial charge in [-0.3, -0.25) is 14.4 Å². The molecule has 1 unspecified atom stereocenters. The van der Waals surface area contributed by atoms with E-state index in [2.05, 4.69) is 34.6 Å². The van der Waals surface area contributed by atoms with E-state index < -0.39 is 34.6 Å². The van der Waals surface area contributed by atoms with Crippen molar-refractivity contribution < 1.29 is 24.2 Å². The van der Waals surface area contributed by atoms with Gasteiger partial charge in [-0.25, -0.2) is 0 Å². The Morgan fingerprint density at radius 1 is 0.900 bits per heavy atom. The van der Waals surface area contributed by atoms with Crippen LogP contribution in [-0.2, 0) is 19.1 Å². The number of hydrogen-bond donors (Lipinski definition) is 1. The van der Waals surface area contributed by atoms with Crippen molar-refractivity contribution in [2.45, 2.75) is 110 Å². The molecule has 1 N–H and O–H groups in total. The number of carbonyl (C=O) groups is 3. The van der Waals surface area contributed by atoms with E-state index in [1.165, 1.54) is 0 Å². The molecule has 8 heteroatoms. The number of nitrogens with zero attached hydrogens (tertiary/aromatic N) is 3. The highest BCUT2D eigenvalue weighted by Crippen LogP contribution is 2.58.